The van der Waals surface area contributed by atoms with Gasteiger partial charge in [0.05, 0.1) is 10.5 Å². The van der Waals surface area contributed by atoms with Gasteiger partial charge in [0.25, 0.3) is 5.69 Å². The first-order valence-corrected chi connectivity index (χ1v) is 4.99. The molecule has 1 atom stereocenters. The van der Waals surface area contributed by atoms with E-state index in [9.17, 15) is 20.0 Å². The quantitative estimate of drug-likeness (QED) is 0.652. The van der Waals surface area contributed by atoms with Crippen LogP contribution in [0.4, 0.5) is 5.69 Å². The van der Waals surface area contributed by atoms with E-state index in [4.69, 9.17) is 5.11 Å². The molecule has 0 aromatic heterocycles. The Kier molecular flexibility index (Phi) is 3.61. The number of hydrogen-bond acceptors (Lipinski definition) is 4. The Bertz CT molecular complexity index is 459. The normalized spacial score (nSPS) is 12.2. The fourth-order valence-corrected chi connectivity index (χ4v) is 1.86. The zero-order valence-electron chi connectivity index (χ0n) is 8.18. The molecular weight excluding hydrogens is 282 g/mol. The number of nitro benzene ring substituents is 1. The van der Waals surface area contributed by atoms with Gasteiger partial charge in [0.15, 0.2) is 6.10 Å². The molecule has 0 aliphatic heterocycles. The molecule has 16 heavy (non-hydrogen) atoms. The molecule has 1 unspecified atom stereocenters. The molecule has 0 saturated heterocycles. The highest BCUT2D eigenvalue weighted by atomic mass is 79.9. The second-order valence-electron chi connectivity index (χ2n) is 3.12. The highest BCUT2D eigenvalue weighted by molar-refractivity contribution is 9.10. The smallest absolute Gasteiger partial charge is 0.337 e. The molecule has 1 aromatic carbocycles. The van der Waals surface area contributed by atoms with Crippen molar-refractivity contribution in [3.63, 3.8) is 0 Å². The minimum absolute atomic E-state index is 0.194. The number of nitrogens with zero attached hydrogens (tertiary/aromatic N) is 1. The van der Waals surface area contributed by atoms with Crippen molar-refractivity contribution >= 4 is 27.6 Å². The molecular formula is C9H8BrNO5. The number of hydrogen-bond donors (Lipinski definition) is 2. The third kappa shape index (κ3) is 2.20. The van der Waals surface area contributed by atoms with Gasteiger partial charge in [-0.25, -0.2) is 4.79 Å². The first-order valence-electron chi connectivity index (χ1n) is 4.20. The van der Waals surface area contributed by atoms with E-state index in [-0.39, 0.29) is 15.7 Å². The van der Waals surface area contributed by atoms with Crippen LogP contribution in [0.3, 0.4) is 0 Å². The molecule has 86 valence electrons. The first-order chi connectivity index (χ1) is 7.36. The first kappa shape index (κ1) is 12.6. The predicted octanol–water partition coefficient (Wildman–Crippen LogP) is 1.78. The number of aliphatic hydroxyl groups excluding tert-OH is 1. The van der Waals surface area contributed by atoms with Gasteiger partial charge < -0.3 is 10.2 Å². The molecule has 0 aliphatic rings. The van der Waals surface area contributed by atoms with Gasteiger partial charge >= 0.3 is 5.97 Å². The number of carbonyl (C=O) groups is 1. The van der Waals surface area contributed by atoms with Crippen LogP contribution in [-0.4, -0.2) is 21.1 Å². The molecule has 0 fully saturated rings. The maximum atomic E-state index is 10.8. The number of benzene rings is 1. The number of aliphatic carboxylic acids is 1. The SMILES string of the molecule is Cc1ccc(Br)c(C(O)C(=O)O)c1[N+](=O)[O-]. The van der Waals surface area contributed by atoms with Crippen molar-refractivity contribution in [2.24, 2.45) is 0 Å². The molecule has 0 spiro atoms. The predicted molar refractivity (Wildman–Crippen MR) is 58.1 cm³/mol. The minimum atomic E-state index is -1.92. The van der Waals surface area contributed by atoms with E-state index in [2.05, 4.69) is 15.9 Å². The molecule has 7 heteroatoms. The van der Waals surface area contributed by atoms with Crippen molar-refractivity contribution in [2.45, 2.75) is 13.0 Å². The van der Waals surface area contributed by atoms with Crippen LogP contribution in [0.2, 0.25) is 0 Å². The van der Waals surface area contributed by atoms with E-state index in [1.54, 1.807) is 0 Å². The van der Waals surface area contributed by atoms with Crippen LogP contribution in [0.1, 0.15) is 17.2 Å². The number of aryl methyl sites for hydroxylation is 1. The molecule has 0 bridgehead atoms. The zero-order chi connectivity index (χ0) is 12.5. The maximum Gasteiger partial charge on any atom is 0.337 e. The summed E-state index contributed by atoms with van der Waals surface area (Å²) in [6, 6.07) is 2.93. The van der Waals surface area contributed by atoms with E-state index in [0.29, 0.717) is 5.56 Å². The van der Waals surface area contributed by atoms with Gasteiger partial charge in [-0.05, 0) is 13.0 Å². The highest BCUT2D eigenvalue weighted by Crippen LogP contribution is 2.35. The molecule has 0 saturated carbocycles. The van der Waals surface area contributed by atoms with Crippen LogP contribution in [0.25, 0.3) is 0 Å². The Balaban J connectivity index is 3.52. The Hall–Kier alpha value is -1.47. The van der Waals surface area contributed by atoms with Crippen LogP contribution in [-0.2, 0) is 4.79 Å². The van der Waals surface area contributed by atoms with Crippen LogP contribution in [0.5, 0.6) is 0 Å². The summed E-state index contributed by atoms with van der Waals surface area (Å²) in [5.74, 6) is -1.53. The molecule has 0 amide bonds. The van der Waals surface area contributed by atoms with E-state index >= 15 is 0 Å². The summed E-state index contributed by atoms with van der Waals surface area (Å²) in [5.41, 5.74) is -0.328. The van der Waals surface area contributed by atoms with Gasteiger partial charge in [-0.3, -0.25) is 10.1 Å². The lowest BCUT2D eigenvalue weighted by molar-refractivity contribution is -0.386. The molecule has 1 rings (SSSR count). The van der Waals surface area contributed by atoms with Crippen LogP contribution < -0.4 is 0 Å². The molecule has 0 radical (unpaired) electrons. The Morgan fingerprint density at radius 2 is 2.12 bits per heavy atom. The van der Waals surface area contributed by atoms with E-state index in [1.165, 1.54) is 19.1 Å². The van der Waals surface area contributed by atoms with Crippen LogP contribution in [0, 0.1) is 17.0 Å². The monoisotopic (exact) mass is 289 g/mol. The number of nitro groups is 1. The largest absolute Gasteiger partial charge is 0.479 e. The average Bonchev–Trinajstić information content (AvgIpc) is 2.19. The summed E-state index contributed by atoms with van der Waals surface area (Å²) in [7, 11) is 0. The van der Waals surface area contributed by atoms with Gasteiger partial charge in [-0.2, -0.15) is 0 Å². The number of halogens is 1. The van der Waals surface area contributed by atoms with Gasteiger partial charge in [0.1, 0.15) is 0 Å². The summed E-state index contributed by atoms with van der Waals surface area (Å²) in [6.07, 6.45) is -1.92. The molecule has 6 nitrogen and oxygen atoms in total. The molecule has 2 N–H and O–H groups in total. The average molecular weight is 290 g/mol. The van der Waals surface area contributed by atoms with Crippen molar-refractivity contribution < 1.29 is 19.9 Å². The number of carboxylic acids is 1. The van der Waals surface area contributed by atoms with Crippen LogP contribution >= 0.6 is 15.9 Å². The lowest BCUT2D eigenvalue weighted by atomic mass is 10.0. The van der Waals surface area contributed by atoms with E-state index in [0.717, 1.165) is 0 Å². The molecule has 0 heterocycles. The van der Waals surface area contributed by atoms with E-state index in [1.807, 2.05) is 0 Å². The Morgan fingerprint density at radius 1 is 1.56 bits per heavy atom. The van der Waals surface area contributed by atoms with E-state index < -0.39 is 17.0 Å². The number of carboxylic acid groups (broad SMARTS) is 1. The third-order valence-electron chi connectivity index (χ3n) is 2.06. The maximum absolute atomic E-state index is 10.8. The summed E-state index contributed by atoms with van der Waals surface area (Å²) < 4.78 is 0.194. The second-order valence-corrected chi connectivity index (χ2v) is 3.98. The minimum Gasteiger partial charge on any atom is -0.479 e. The molecule has 1 aromatic rings. The van der Waals surface area contributed by atoms with Gasteiger partial charge in [-0.15, -0.1) is 0 Å². The lowest BCUT2D eigenvalue weighted by Gasteiger charge is -2.10. The van der Waals surface area contributed by atoms with Crippen LogP contribution in [0.15, 0.2) is 16.6 Å². The van der Waals surface area contributed by atoms with Crippen molar-refractivity contribution in [1.29, 1.82) is 0 Å². The zero-order valence-corrected chi connectivity index (χ0v) is 9.76. The lowest BCUT2D eigenvalue weighted by Crippen LogP contribution is -2.13. The second kappa shape index (κ2) is 4.58. The van der Waals surface area contributed by atoms with Crippen molar-refractivity contribution in [1.82, 2.24) is 0 Å². The summed E-state index contributed by atoms with van der Waals surface area (Å²) in [4.78, 5) is 20.7. The fraction of sp³-hybridized carbons (Fsp3) is 0.222. The van der Waals surface area contributed by atoms with Crippen molar-refractivity contribution in [2.75, 3.05) is 0 Å². The highest BCUT2D eigenvalue weighted by Gasteiger charge is 2.29. The van der Waals surface area contributed by atoms with Gasteiger partial charge in [0, 0.05) is 10.0 Å². The van der Waals surface area contributed by atoms with Gasteiger partial charge in [-0.1, -0.05) is 22.0 Å². The third-order valence-corrected chi connectivity index (χ3v) is 2.75. The van der Waals surface area contributed by atoms with Crippen molar-refractivity contribution in [3.8, 4) is 0 Å². The van der Waals surface area contributed by atoms with Crippen molar-refractivity contribution in [3.05, 3.63) is 37.8 Å². The topological polar surface area (TPSA) is 101 Å². The fourth-order valence-electron chi connectivity index (χ4n) is 1.32. The molecule has 0 aliphatic carbocycles. The summed E-state index contributed by atoms with van der Waals surface area (Å²) >= 11 is 2.99. The summed E-state index contributed by atoms with van der Waals surface area (Å²) in [6.45, 7) is 1.47. The summed E-state index contributed by atoms with van der Waals surface area (Å²) in [5, 5.41) is 28.9. The van der Waals surface area contributed by atoms with Gasteiger partial charge in [0.2, 0.25) is 0 Å². The Labute approximate surface area is 98.8 Å². The Morgan fingerprint density at radius 3 is 2.56 bits per heavy atom. The standard InChI is InChI=1S/C9H8BrNO5/c1-4-2-3-5(10)6(7(4)11(15)16)8(12)9(13)14/h2-3,8,12H,1H3,(H,13,14). The number of aliphatic hydroxyl groups is 1. The number of rotatable bonds is 3.